The van der Waals surface area contributed by atoms with E-state index in [4.69, 9.17) is 14.6 Å². The summed E-state index contributed by atoms with van der Waals surface area (Å²) in [5.74, 6) is -3.06. The fraction of sp³-hybridized carbons (Fsp3) is 0.750. The number of carboxylic acids is 1. The molecule has 6 nitrogen and oxygen atoms in total. The second kappa shape index (κ2) is 7.07. The van der Waals surface area contributed by atoms with Gasteiger partial charge in [0.15, 0.2) is 6.10 Å². The molecule has 9 heteroatoms. The molecule has 2 N–H and O–H groups in total. The molecule has 0 amide bonds. The molecule has 0 aromatic heterocycles. The Bertz CT molecular complexity index is 262. The molecule has 100 valence electrons. The minimum Gasteiger partial charge on any atom is -0.475 e. The molecule has 0 saturated carbocycles. The predicted molar refractivity (Wildman–Crippen MR) is 48.3 cm³/mol. The minimum absolute atomic E-state index is 0.299. The molecule has 0 aliphatic carbocycles. The van der Waals surface area contributed by atoms with E-state index in [0.29, 0.717) is 13.2 Å². The van der Waals surface area contributed by atoms with Crippen molar-refractivity contribution in [1.29, 1.82) is 0 Å². The van der Waals surface area contributed by atoms with Crippen molar-refractivity contribution in [2.45, 2.75) is 12.3 Å². The Morgan fingerprint density at radius 3 is 2.29 bits per heavy atom. The Hall–Kier alpha value is -1.35. The van der Waals surface area contributed by atoms with Crippen LogP contribution in [0, 0.1) is 0 Å². The molecule has 1 heterocycles. The van der Waals surface area contributed by atoms with Gasteiger partial charge in [-0.15, -0.1) is 0 Å². The lowest BCUT2D eigenvalue weighted by atomic mass is 10.3. The standard InChI is InChI=1S/C6H11NO3.C2HF3O2/c1-9-6(8)5-4-7-2-3-10-5;3-2(4,5)1(6)7/h5,7H,2-4H2,1H3;(H,6,7). The Morgan fingerprint density at radius 1 is 1.47 bits per heavy atom. The highest BCUT2D eigenvalue weighted by atomic mass is 19.4. The summed E-state index contributed by atoms with van der Waals surface area (Å²) in [6, 6.07) is 0. The number of methoxy groups -OCH3 is 1. The summed E-state index contributed by atoms with van der Waals surface area (Å²) < 4.78 is 41.3. The number of aliphatic carboxylic acids is 1. The molecule has 1 unspecified atom stereocenters. The van der Waals surface area contributed by atoms with Crippen LogP contribution in [0.2, 0.25) is 0 Å². The summed E-state index contributed by atoms with van der Waals surface area (Å²) in [7, 11) is 1.36. The van der Waals surface area contributed by atoms with Crippen LogP contribution in [0.5, 0.6) is 0 Å². The van der Waals surface area contributed by atoms with Crippen molar-refractivity contribution in [3.05, 3.63) is 0 Å². The first kappa shape index (κ1) is 15.7. The number of rotatable bonds is 1. The molecular formula is C8H12F3NO5. The maximum Gasteiger partial charge on any atom is 0.490 e. The van der Waals surface area contributed by atoms with Crippen molar-refractivity contribution in [3.63, 3.8) is 0 Å². The Labute approximate surface area is 94.7 Å². The Balaban J connectivity index is 0.000000325. The summed E-state index contributed by atoms with van der Waals surface area (Å²) in [5, 5.41) is 10.1. The number of alkyl halides is 3. The first-order valence-electron chi connectivity index (χ1n) is 4.49. The van der Waals surface area contributed by atoms with Gasteiger partial charge in [-0.05, 0) is 0 Å². The van der Waals surface area contributed by atoms with Gasteiger partial charge in [-0.1, -0.05) is 0 Å². The summed E-state index contributed by atoms with van der Waals surface area (Å²) in [6.45, 7) is 1.96. The van der Waals surface area contributed by atoms with Crippen molar-refractivity contribution in [2.75, 3.05) is 26.8 Å². The van der Waals surface area contributed by atoms with Crippen molar-refractivity contribution in [3.8, 4) is 0 Å². The van der Waals surface area contributed by atoms with Gasteiger partial charge in [0.25, 0.3) is 0 Å². The molecule has 0 aromatic carbocycles. The zero-order chi connectivity index (χ0) is 13.5. The van der Waals surface area contributed by atoms with Gasteiger partial charge in [0, 0.05) is 13.1 Å². The van der Waals surface area contributed by atoms with Crippen LogP contribution in [-0.4, -0.2) is 56.1 Å². The molecule has 1 aliphatic heterocycles. The third-order valence-electron chi connectivity index (χ3n) is 1.63. The number of esters is 1. The lowest BCUT2D eigenvalue weighted by Gasteiger charge is -2.20. The van der Waals surface area contributed by atoms with Crippen molar-refractivity contribution >= 4 is 11.9 Å². The second-order valence-electron chi connectivity index (χ2n) is 2.89. The monoisotopic (exact) mass is 259 g/mol. The number of ether oxygens (including phenoxy) is 2. The summed E-state index contributed by atoms with van der Waals surface area (Å²) in [4.78, 5) is 19.7. The maximum atomic E-state index is 10.8. The van der Waals surface area contributed by atoms with E-state index in [1.807, 2.05) is 0 Å². The first-order chi connectivity index (χ1) is 7.79. The Morgan fingerprint density at radius 2 is 2.00 bits per heavy atom. The SMILES string of the molecule is COC(=O)C1CNCCO1.O=C(O)C(F)(F)F. The van der Waals surface area contributed by atoms with E-state index in [9.17, 15) is 18.0 Å². The lowest BCUT2D eigenvalue weighted by Crippen LogP contribution is -2.43. The van der Waals surface area contributed by atoms with E-state index < -0.39 is 18.2 Å². The third-order valence-corrected chi connectivity index (χ3v) is 1.63. The van der Waals surface area contributed by atoms with Gasteiger partial charge in [-0.3, -0.25) is 0 Å². The zero-order valence-corrected chi connectivity index (χ0v) is 8.91. The molecular weight excluding hydrogens is 247 g/mol. The van der Waals surface area contributed by atoms with E-state index in [0.717, 1.165) is 6.54 Å². The van der Waals surface area contributed by atoms with Crippen molar-refractivity contribution in [2.24, 2.45) is 0 Å². The second-order valence-corrected chi connectivity index (χ2v) is 2.89. The van der Waals surface area contributed by atoms with Crippen LogP contribution >= 0.6 is 0 Å². The van der Waals surface area contributed by atoms with E-state index >= 15 is 0 Å². The molecule has 1 atom stereocenters. The van der Waals surface area contributed by atoms with Crippen LogP contribution in [0.3, 0.4) is 0 Å². The molecule has 1 rings (SSSR count). The quantitative estimate of drug-likeness (QED) is 0.633. The number of nitrogens with one attached hydrogen (secondary N) is 1. The highest BCUT2D eigenvalue weighted by molar-refractivity contribution is 5.74. The first-order valence-corrected chi connectivity index (χ1v) is 4.49. The van der Waals surface area contributed by atoms with Gasteiger partial charge in [0.2, 0.25) is 0 Å². The highest BCUT2D eigenvalue weighted by Gasteiger charge is 2.38. The van der Waals surface area contributed by atoms with E-state index in [-0.39, 0.29) is 5.97 Å². The third kappa shape index (κ3) is 6.74. The van der Waals surface area contributed by atoms with Gasteiger partial charge in [-0.2, -0.15) is 13.2 Å². The lowest BCUT2D eigenvalue weighted by molar-refractivity contribution is -0.192. The fourth-order valence-corrected chi connectivity index (χ4v) is 0.848. The largest absolute Gasteiger partial charge is 0.490 e. The summed E-state index contributed by atoms with van der Waals surface area (Å²) in [6.07, 6.45) is -5.49. The van der Waals surface area contributed by atoms with Crippen LogP contribution in [0.25, 0.3) is 0 Å². The van der Waals surface area contributed by atoms with Crippen LogP contribution in [0.4, 0.5) is 13.2 Å². The molecule has 17 heavy (non-hydrogen) atoms. The Kier molecular flexibility index (Phi) is 6.51. The average molecular weight is 259 g/mol. The van der Waals surface area contributed by atoms with E-state index in [1.54, 1.807) is 0 Å². The molecule has 0 spiro atoms. The van der Waals surface area contributed by atoms with Gasteiger partial charge in [0.1, 0.15) is 0 Å². The normalized spacial score (nSPS) is 19.9. The highest BCUT2D eigenvalue weighted by Crippen LogP contribution is 2.13. The van der Waals surface area contributed by atoms with Crippen molar-refractivity contribution < 1.29 is 37.3 Å². The van der Waals surface area contributed by atoms with Gasteiger partial charge < -0.3 is 19.9 Å². The molecule has 0 aromatic rings. The zero-order valence-electron chi connectivity index (χ0n) is 8.91. The van der Waals surface area contributed by atoms with Gasteiger partial charge in [0.05, 0.1) is 13.7 Å². The number of carbonyl (C=O) groups is 2. The molecule has 1 aliphatic rings. The number of carboxylic acid groups (broad SMARTS) is 1. The number of hydrogen-bond donors (Lipinski definition) is 2. The van der Waals surface area contributed by atoms with Gasteiger partial charge >= 0.3 is 18.1 Å². The number of morpholine rings is 1. The molecule has 0 bridgehead atoms. The predicted octanol–water partition coefficient (Wildman–Crippen LogP) is -0.219. The molecule has 0 radical (unpaired) electrons. The fourth-order valence-electron chi connectivity index (χ4n) is 0.848. The van der Waals surface area contributed by atoms with Crippen LogP contribution in [-0.2, 0) is 19.1 Å². The maximum absolute atomic E-state index is 10.8. The molecule has 1 saturated heterocycles. The topological polar surface area (TPSA) is 84.9 Å². The smallest absolute Gasteiger partial charge is 0.475 e. The van der Waals surface area contributed by atoms with Crippen LogP contribution < -0.4 is 5.32 Å². The van der Waals surface area contributed by atoms with Crippen LogP contribution in [0.1, 0.15) is 0 Å². The number of hydrogen-bond acceptors (Lipinski definition) is 5. The minimum atomic E-state index is -5.08. The summed E-state index contributed by atoms with van der Waals surface area (Å²) in [5.41, 5.74) is 0. The van der Waals surface area contributed by atoms with Crippen LogP contribution in [0.15, 0.2) is 0 Å². The number of halogens is 3. The summed E-state index contributed by atoms with van der Waals surface area (Å²) >= 11 is 0. The van der Waals surface area contributed by atoms with E-state index in [1.165, 1.54) is 7.11 Å². The van der Waals surface area contributed by atoms with Crippen molar-refractivity contribution in [1.82, 2.24) is 5.32 Å². The molecule has 1 fully saturated rings. The van der Waals surface area contributed by atoms with Gasteiger partial charge in [-0.25, -0.2) is 9.59 Å². The average Bonchev–Trinajstić information content (AvgIpc) is 2.28. The number of carbonyl (C=O) groups excluding carboxylic acids is 1. The van der Waals surface area contributed by atoms with E-state index in [2.05, 4.69) is 10.1 Å².